The van der Waals surface area contributed by atoms with Crippen LogP contribution in [0.25, 0.3) is 5.65 Å². The largest absolute Gasteiger partial charge is 0.364 e. The van der Waals surface area contributed by atoms with E-state index in [4.69, 9.17) is 11.5 Å². The SMILES string of the molecule is NCc1cc(C2CC2)cn2cc(Cn3cc(C(N)=O)nn3)nc12. The minimum atomic E-state index is -0.592. The molecule has 4 rings (SSSR count). The van der Waals surface area contributed by atoms with E-state index >= 15 is 0 Å². The van der Waals surface area contributed by atoms with Crippen molar-refractivity contribution in [3.05, 3.63) is 47.2 Å². The molecule has 1 amide bonds. The van der Waals surface area contributed by atoms with Gasteiger partial charge in [-0.15, -0.1) is 5.10 Å². The number of rotatable bonds is 5. The van der Waals surface area contributed by atoms with Crippen LogP contribution in [0, 0.1) is 0 Å². The van der Waals surface area contributed by atoms with E-state index < -0.39 is 5.91 Å². The van der Waals surface area contributed by atoms with Crippen molar-refractivity contribution in [3.63, 3.8) is 0 Å². The molecule has 118 valence electrons. The monoisotopic (exact) mass is 311 g/mol. The smallest absolute Gasteiger partial charge is 0.270 e. The van der Waals surface area contributed by atoms with Crippen molar-refractivity contribution >= 4 is 11.6 Å². The molecule has 4 N–H and O–H groups in total. The highest BCUT2D eigenvalue weighted by Crippen LogP contribution is 2.40. The molecule has 1 aliphatic rings. The number of hydrogen-bond acceptors (Lipinski definition) is 5. The van der Waals surface area contributed by atoms with Gasteiger partial charge in [-0.25, -0.2) is 9.67 Å². The third-order valence-corrected chi connectivity index (χ3v) is 4.08. The predicted octanol–water partition coefficient (Wildman–Crippen LogP) is 0.409. The van der Waals surface area contributed by atoms with Crippen LogP contribution in [0.4, 0.5) is 0 Å². The molecular formula is C15H17N7O. The summed E-state index contributed by atoms with van der Waals surface area (Å²) in [5, 5.41) is 7.62. The zero-order valence-corrected chi connectivity index (χ0v) is 12.5. The van der Waals surface area contributed by atoms with Gasteiger partial charge in [0.25, 0.3) is 5.91 Å². The van der Waals surface area contributed by atoms with E-state index in [9.17, 15) is 4.79 Å². The molecule has 1 saturated carbocycles. The lowest BCUT2D eigenvalue weighted by Gasteiger charge is -2.05. The lowest BCUT2D eigenvalue weighted by atomic mass is 10.1. The van der Waals surface area contributed by atoms with Crippen molar-refractivity contribution in [2.24, 2.45) is 11.5 Å². The number of fused-ring (bicyclic) bond motifs is 1. The molecule has 8 nitrogen and oxygen atoms in total. The summed E-state index contributed by atoms with van der Waals surface area (Å²) in [7, 11) is 0. The van der Waals surface area contributed by atoms with Crippen LogP contribution in [0.3, 0.4) is 0 Å². The van der Waals surface area contributed by atoms with E-state index in [1.165, 1.54) is 24.6 Å². The van der Waals surface area contributed by atoms with E-state index in [-0.39, 0.29) is 5.69 Å². The van der Waals surface area contributed by atoms with Gasteiger partial charge < -0.3 is 15.9 Å². The highest BCUT2D eigenvalue weighted by molar-refractivity contribution is 5.90. The van der Waals surface area contributed by atoms with Crippen LogP contribution < -0.4 is 11.5 Å². The second kappa shape index (κ2) is 5.17. The molecule has 0 atom stereocenters. The molecule has 0 saturated heterocycles. The number of pyridine rings is 1. The topological polar surface area (TPSA) is 117 Å². The number of nitrogens with zero attached hydrogens (tertiary/aromatic N) is 5. The standard InChI is InChI=1S/C15H17N7O/c16-4-10-3-11(9-1-2-9)5-21-6-12(18-15(10)21)7-22-8-13(14(17)23)19-20-22/h3,5-6,8-9H,1-2,4,7,16H2,(H2,17,23). The summed E-state index contributed by atoms with van der Waals surface area (Å²) < 4.78 is 3.57. The molecule has 1 fully saturated rings. The van der Waals surface area contributed by atoms with Crippen molar-refractivity contribution in [2.75, 3.05) is 0 Å². The van der Waals surface area contributed by atoms with Gasteiger partial charge in [-0.2, -0.15) is 0 Å². The Balaban J connectivity index is 1.68. The minimum absolute atomic E-state index is 0.146. The molecule has 0 spiro atoms. The quantitative estimate of drug-likeness (QED) is 0.707. The molecule has 0 aromatic carbocycles. The zero-order chi connectivity index (χ0) is 16.0. The Kier molecular flexibility index (Phi) is 3.12. The highest BCUT2D eigenvalue weighted by atomic mass is 16.1. The maximum atomic E-state index is 11.1. The summed E-state index contributed by atoms with van der Waals surface area (Å²) >= 11 is 0. The molecule has 3 aromatic rings. The van der Waals surface area contributed by atoms with E-state index in [1.54, 1.807) is 4.68 Å². The summed E-state index contributed by atoms with van der Waals surface area (Å²) in [4.78, 5) is 15.7. The maximum Gasteiger partial charge on any atom is 0.270 e. The number of imidazole rings is 1. The summed E-state index contributed by atoms with van der Waals surface area (Å²) in [5.74, 6) is 0.0646. The number of nitrogens with two attached hydrogens (primary N) is 2. The number of hydrogen-bond donors (Lipinski definition) is 2. The molecule has 3 heterocycles. The molecule has 0 bridgehead atoms. The van der Waals surface area contributed by atoms with E-state index in [1.807, 2.05) is 10.6 Å². The lowest BCUT2D eigenvalue weighted by molar-refractivity contribution is 0.0995. The van der Waals surface area contributed by atoms with E-state index in [0.717, 1.165) is 16.9 Å². The molecular weight excluding hydrogens is 294 g/mol. The summed E-state index contributed by atoms with van der Waals surface area (Å²) in [6.45, 7) is 0.875. The van der Waals surface area contributed by atoms with Gasteiger partial charge in [-0.05, 0) is 30.4 Å². The third-order valence-electron chi connectivity index (χ3n) is 4.08. The average Bonchev–Trinajstić information content (AvgIpc) is 3.14. The fraction of sp³-hybridized carbons (Fsp3) is 0.333. The lowest BCUT2D eigenvalue weighted by Crippen LogP contribution is -2.11. The van der Waals surface area contributed by atoms with Crippen molar-refractivity contribution in [1.82, 2.24) is 24.4 Å². The molecule has 1 aliphatic carbocycles. The van der Waals surface area contributed by atoms with Crippen LogP contribution in [0.15, 0.2) is 24.7 Å². The maximum absolute atomic E-state index is 11.1. The molecule has 8 heteroatoms. The highest BCUT2D eigenvalue weighted by Gasteiger charge is 2.25. The Morgan fingerprint density at radius 2 is 2.13 bits per heavy atom. The van der Waals surface area contributed by atoms with Crippen LogP contribution in [-0.2, 0) is 13.1 Å². The molecule has 23 heavy (non-hydrogen) atoms. The predicted molar refractivity (Wildman–Crippen MR) is 82.7 cm³/mol. The van der Waals surface area contributed by atoms with Gasteiger partial charge in [0.15, 0.2) is 5.69 Å². The number of primary amides is 1. The third kappa shape index (κ3) is 2.57. The van der Waals surface area contributed by atoms with Crippen molar-refractivity contribution in [1.29, 1.82) is 0 Å². The zero-order valence-electron chi connectivity index (χ0n) is 12.5. The number of amides is 1. The Hall–Kier alpha value is -2.74. The first-order valence-corrected chi connectivity index (χ1v) is 7.54. The summed E-state index contributed by atoms with van der Waals surface area (Å²) in [5.41, 5.74) is 15.2. The van der Waals surface area contributed by atoms with Crippen molar-refractivity contribution in [2.45, 2.75) is 31.8 Å². The van der Waals surface area contributed by atoms with Crippen LogP contribution in [0.5, 0.6) is 0 Å². The van der Waals surface area contributed by atoms with Crippen molar-refractivity contribution in [3.8, 4) is 0 Å². The first kappa shape index (κ1) is 13.9. The Morgan fingerprint density at radius 1 is 1.30 bits per heavy atom. The normalized spacial score (nSPS) is 14.5. The van der Waals surface area contributed by atoms with Crippen LogP contribution in [0.1, 0.15) is 46.1 Å². The fourth-order valence-corrected chi connectivity index (χ4v) is 2.76. The van der Waals surface area contributed by atoms with Gasteiger partial charge >= 0.3 is 0 Å². The van der Waals surface area contributed by atoms with Crippen molar-refractivity contribution < 1.29 is 4.79 Å². The number of carbonyl (C=O) groups excluding carboxylic acids is 1. The Morgan fingerprint density at radius 3 is 2.78 bits per heavy atom. The van der Waals surface area contributed by atoms with Crippen LogP contribution >= 0.6 is 0 Å². The van der Waals surface area contributed by atoms with Crippen LogP contribution in [-0.4, -0.2) is 30.3 Å². The second-order valence-corrected chi connectivity index (χ2v) is 5.91. The fourth-order valence-electron chi connectivity index (χ4n) is 2.76. The van der Waals surface area contributed by atoms with Gasteiger partial charge in [-0.3, -0.25) is 4.79 Å². The molecule has 0 radical (unpaired) electrons. The molecule has 3 aromatic heterocycles. The summed E-state index contributed by atoms with van der Waals surface area (Å²) in [6.07, 6.45) is 8.09. The molecule has 0 aliphatic heterocycles. The van der Waals surface area contributed by atoms with Gasteiger partial charge in [0.05, 0.1) is 18.4 Å². The van der Waals surface area contributed by atoms with Gasteiger partial charge in [-0.1, -0.05) is 5.21 Å². The Bertz CT molecular complexity index is 891. The van der Waals surface area contributed by atoms with Crippen LogP contribution in [0.2, 0.25) is 0 Å². The van der Waals surface area contributed by atoms with Gasteiger partial charge in [0.1, 0.15) is 5.65 Å². The number of carbonyl (C=O) groups is 1. The second-order valence-electron chi connectivity index (χ2n) is 5.91. The van der Waals surface area contributed by atoms with Gasteiger partial charge in [0.2, 0.25) is 0 Å². The summed E-state index contributed by atoms with van der Waals surface area (Å²) in [6, 6.07) is 2.16. The van der Waals surface area contributed by atoms with E-state index in [0.29, 0.717) is 19.0 Å². The van der Waals surface area contributed by atoms with Gasteiger partial charge in [0, 0.05) is 24.5 Å². The first-order valence-electron chi connectivity index (χ1n) is 7.54. The first-order chi connectivity index (χ1) is 11.1. The minimum Gasteiger partial charge on any atom is -0.364 e. The van der Waals surface area contributed by atoms with E-state index in [2.05, 4.69) is 27.6 Å². The number of aromatic nitrogens is 5. The molecule has 0 unspecified atom stereocenters. The average molecular weight is 311 g/mol. The Labute approximate surface area is 132 Å².